The van der Waals surface area contributed by atoms with Crippen molar-refractivity contribution in [3.05, 3.63) is 47.8 Å². The van der Waals surface area contributed by atoms with E-state index in [2.05, 4.69) is 37.3 Å². The average Bonchev–Trinajstić information content (AvgIpc) is 3.00. The number of nitrogens with zero attached hydrogens (tertiary/aromatic N) is 2. The Morgan fingerprint density at radius 3 is 2.81 bits per heavy atom. The lowest BCUT2D eigenvalue weighted by Crippen LogP contribution is -2.13. The zero-order chi connectivity index (χ0) is 15.1. The van der Waals surface area contributed by atoms with Gasteiger partial charge in [-0.25, -0.2) is 0 Å². The Morgan fingerprint density at radius 1 is 1.24 bits per heavy atom. The van der Waals surface area contributed by atoms with E-state index in [0.29, 0.717) is 12.6 Å². The Labute approximate surface area is 127 Å². The minimum Gasteiger partial charge on any atom is -0.487 e. The number of hydrogen-bond donors (Lipinski definition) is 1. The fraction of sp³-hybridized carbons (Fsp3) is 0.471. The molecule has 0 saturated heterocycles. The van der Waals surface area contributed by atoms with E-state index in [1.54, 1.807) is 0 Å². The topological polar surface area (TPSA) is 39.1 Å². The molecule has 4 heteroatoms. The molecule has 1 aromatic heterocycles. The summed E-state index contributed by atoms with van der Waals surface area (Å²) >= 11 is 0. The standard InChI is InChI=1S/C17H25N3O/c1-4-14(3)20-11-10-16(19-20)13-21-17-9-7-6-8-15(17)12-18-5-2/h6-11,14,18H,4-5,12-13H2,1-3H3. The lowest BCUT2D eigenvalue weighted by Gasteiger charge is -2.11. The molecule has 114 valence electrons. The van der Waals surface area contributed by atoms with Gasteiger partial charge in [0.05, 0.1) is 5.69 Å². The molecule has 0 amide bonds. The largest absolute Gasteiger partial charge is 0.487 e. The highest BCUT2D eigenvalue weighted by Crippen LogP contribution is 2.19. The number of ether oxygens (including phenoxy) is 1. The molecule has 0 aliphatic rings. The maximum absolute atomic E-state index is 5.93. The van der Waals surface area contributed by atoms with Crippen LogP contribution in [0.25, 0.3) is 0 Å². The molecule has 2 rings (SSSR count). The van der Waals surface area contributed by atoms with Gasteiger partial charge >= 0.3 is 0 Å². The molecule has 1 heterocycles. The van der Waals surface area contributed by atoms with Gasteiger partial charge in [0.15, 0.2) is 0 Å². The van der Waals surface area contributed by atoms with Crippen molar-refractivity contribution in [1.82, 2.24) is 15.1 Å². The molecule has 21 heavy (non-hydrogen) atoms. The van der Waals surface area contributed by atoms with Gasteiger partial charge in [-0.1, -0.05) is 32.0 Å². The fourth-order valence-electron chi connectivity index (χ4n) is 2.09. The summed E-state index contributed by atoms with van der Waals surface area (Å²) < 4.78 is 7.93. The van der Waals surface area contributed by atoms with E-state index < -0.39 is 0 Å². The zero-order valence-corrected chi connectivity index (χ0v) is 13.2. The predicted molar refractivity (Wildman–Crippen MR) is 85.4 cm³/mol. The van der Waals surface area contributed by atoms with E-state index in [1.807, 2.05) is 35.1 Å². The van der Waals surface area contributed by atoms with Crippen molar-refractivity contribution < 1.29 is 4.74 Å². The summed E-state index contributed by atoms with van der Waals surface area (Å²) in [5.74, 6) is 0.927. The molecular formula is C17H25N3O. The van der Waals surface area contributed by atoms with Gasteiger partial charge in [-0.3, -0.25) is 4.68 Å². The fourth-order valence-corrected chi connectivity index (χ4v) is 2.09. The third kappa shape index (κ3) is 4.33. The first kappa shape index (κ1) is 15.6. The van der Waals surface area contributed by atoms with Crippen LogP contribution in [0.3, 0.4) is 0 Å². The summed E-state index contributed by atoms with van der Waals surface area (Å²) in [6.07, 6.45) is 3.10. The summed E-state index contributed by atoms with van der Waals surface area (Å²) in [6, 6.07) is 10.6. The van der Waals surface area contributed by atoms with Crippen LogP contribution in [0, 0.1) is 0 Å². The molecule has 1 N–H and O–H groups in total. The van der Waals surface area contributed by atoms with Gasteiger partial charge in [-0.05, 0) is 32.0 Å². The van der Waals surface area contributed by atoms with Crippen LogP contribution in [-0.4, -0.2) is 16.3 Å². The van der Waals surface area contributed by atoms with Crippen LogP contribution in [0.2, 0.25) is 0 Å². The summed E-state index contributed by atoms with van der Waals surface area (Å²) in [5, 5.41) is 7.89. The quantitative estimate of drug-likeness (QED) is 0.807. The first-order valence-corrected chi connectivity index (χ1v) is 7.70. The van der Waals surface area contributed by atoms with Gasteiger partial charge in [0.25, 0.3) is 0 Å². The van der Waals surface area contributed by atoms with Gasteiger partial charge in [0, 0.05) is 24.3 Å². The van der Waals surface area contributed by atoms with Crippen molar-refractivity contribution in [2.45, 2.75) is 46.4 Å². The van der Waals surface area contributed by atoms with Crippen LogP contribution in [0.5, 0.6) is 5.75 Å². The second kappa shape index (κ2) is 7.84. The second-order valence-corrected chi connectivity index (χ2v) is 5.22. The van der Waals surface area contributed by atoms with Crippen LogP contribution in [-0.2, 0) is 13.2 Å². The highest BCUT2D eigenvalue weighted by molar-refractivity contribution is 5.33. The van der Waals surface area contributed by atoms with Gasteiger partial charge in [-0.2, -0.15) is 5.10 Å². The molecule has 4 nitrogen and oxygen atoms in total. The van der Waals surface area contributed by atoms with Crippen LogP contribution < -0.4 is 10.1 Å². The van der Waals surface area contributed by atoms with E-state index >= 15 is 0 Å². The number of aromatic nitrogens is 2. The normalized spacial score (nSPS) is 12.3. The lowest BCUT2D eigenvalue weighted by molar-refractivity contribution is 0.294. The molecule has 0 radical (unpaired) electrons. The third-order valence-electron chi connectivity index (χ3n) is 3.62. The smallest absolute Gasteiger partial charge is 0.132 e. The van der Waals surface area contributed by atoms with Crippen molar-refractivity contribution >= 4 is 0 Å². The van der Waals surface area contributed by atoms with Gasteiger partial charge < -0.3 is 10.1 Å². The minimum absolute atomic E-state index is 0.430. The molecule has 1 atom stereocenters. The monoisotopic (exact) mass is 287 g/mol. The molecule has 1 aromatic carbocycles. The van der Waals surface area contributed by atoms with Crippen molar-refractivity contribution in [2.24, 2.45) is 0 Å². The molecule has 0 saturated carbocycles. The minimum atomic E-state index is 0.430. The Balaban J connectivity index is 1.98. The van der Waals surface area contributed by atoms with Gasteiger partial charge in [-0.15, -0.1) is 0 Å². The summed E-state index contributed by atoms with van der Waals surface area (Å²) in [4.78, 5) is 0. The maximum atomic E-state index is 5.93. The molecule has 0 aliphatic carbocycles. The highest BCUT2D eigenvalue weighted by atomic mass is 16.5. The summed E-state index contributed by atoms with van der Waals surface area (Å²) in [7, 11) is 0. The Hall–Kier alpha value is -1.81. The first-order chi connectivity index (χ1) is 10.2. The molecule has 0 spiro atoms. The molecule has 0 bridgehead atoms. The van der Waals surface area contributed by atoms with E-state index in [4.69, 9.17) is 4.74 Å². The van der Waals surface area contributed by atoms with E-state index in [0.717, 1.165) is 31.0 Å². The van der Waals surface area contributed by atoms with Crippen LogP contribution in [0.15, 0.2) is 36.5 Å². The van der Waals surface area contributed by atoms with Crippen molar-refractivity contribution in [2.75, 3.05) is 6.54 Å². The Morgan fingerprint density at radius 2 is 2.05 bits per heavy atom. The Kier molecular flexibility index (Phi) is 5.81. The summed E-state index contributed by atoms with van der Waals surface area (Å²) in [5.41, 5.74) is 2.15. The molecule has 0 fully saturated rings. The highest BCUT2D eigenvalue weighted by Gasteiger charge is 2.07. The van der Waals surface area contributed by atoms with E-state index in [-0.39, 0.29) is 0 Å². The zero-order valence-electron chi connectivity index (χ0n) is 13.2. The van der Waals surface area contributed by atoms with Crippen molar-refractivity contribution in [1.29, 1.82) is 0 Å². The van der Waals surface area contributed by atoms with E-state index in [1.165, 1.54) is 5.56 Å². The van der Waals surface area contributed by atoms with Gasteiger partial charge in [0.2, 0.25) is 0 Å². The molecule has 2 aromatic rings. The second-order valence-electron chi connectivity index (χ2n) is 5.22. The number of nitrogens with one attached hydrogen (secondary N) is 1. The molecular weight excluding hydrogens is 262 g/mol. The molecule has 0 aliphatic heterocycles. The van der Waals surface area contributed by atoms with E-state index in [9.17, 15) is 0 Å². The number of benzene rings is 1. The Bertz CT molecular complexity index is 550. The van der Waals surface area contributed by atoms with Gasteiger partial charge in [0.1, 0.15) is 12.4 Å². The van der Waals surface area contributed by atoms with Crippen LogP contribution in [0.4, 0.5) is 0 Å². The number of para-hydroxylation sites is 1. The van der Waals surface area contributed by atoms with Crippen molar-refractivity contribution in [3.63, 3.8) is 0 Å². The maximum Gasteiger partial charge on any atom is 0.132 e. The predicted octanol–water partition coefficient (Wildman–Crippen LogP) is 3.54. The SMILES string of the molecule is CCNCc1ccccc1OCc1ccn(C(C)CC)n1. The van der Waals surface area contributed by atoms with Crippen LogP contribution in [0.1, 0.15) is 44.5 Å². The third-order valence-corrected chi connectivity index (χ3v) is 3.62. The van der Waals surface area contributed by atoms with Crippen LogP contribution >= 0.6 is 0 Å². The number of rotatable bonds is 8. The average molecular weight is 287 g/mol. The first-order valence-electron chi connectivity index (χ1n) is 7.70. The summed E-state index contributed by atoms with van der Waals surface area (Å²) in [6.45, 7) is 8.72. The lowest BCUT2D eigenvalue weighted by atomic mass is 10.2. The number of hydrogen-bond acceptors (Lipinski definition) is 3. The van der Waals surface area contributed by atoms with Crippen molar-refractivity contribution in [3.8, 4) is 5.75 Å². The molecule has 1 unspecified atom stereocenters.